The maximum atomic E-state index is 13.6. The number of methoxy groups -OCH3 is 2. The van der Waals surface area contributed by atoms with Crippen LogP contribution in [-0.4, -0.2) is 53.6 Å². The minimum Gasteiger partial charge on any atom is -0.493 e. The largest absolute Gasteiger partial charge is 0.493 e. The standard InChI is InChI=1S/C22H19N5O5/c1-31-16-8-7-14-18(19(16)32-2)22(30)27-15-6-4-3-5-13(15)21(29)26(20(14)27)11-17(28)25-12-9-23-24-10-12/h3-10,20H,11H2,1-2H3,(H,23,24)(H,25,28)/t20-/m0/s1. The van der Waals surface area contributed by atoms with Gasteiger partial charge in [-0.3, -0.25) is 24.4 Å². The van der Waals surface area contributed by atoms with E-state index in [0.29, 0.717) is 33.8 Å². The van der Waals surface area contributed by atoms with Crippen LogP contribution in [0, 0.1) is 0 Å². The highest BCUT2D eigenvalue weighted by Gasteiger charge is 2.50. The molecule has 2 aliphatic rings. The van der Waals surface area contributed by atoms with E-state index in [1.54, 1.807) is 36.4 Å². The molecule has 3 heterocycles. The van der Waals surface area contributed by atoms with Gasteiger partial charge in [-0.2, -0.15) is 5.10 Å². The molecule has 0 saturated heterocycles. The smallest absolute Gasteiger partial charge is 0.264 e. The lowest BCUT2D eigenvalue weighted by atomic mass is 10.0. The van der Waals surface area contributed by atoms with Crippen LogP contribution in [0.4, 0.5) is 11.4 Å². The van der Waals surface area contributed by atoms with Crippen molar-refractivity contribution in [1.29, 1.82) is 0 Å². The van der Waals surface area contributed by atoms with Gasteiger partial charge in [0.15, 0.2) is 11.5 Å². The fraction of sp³-hybridized carbons (Fsp3) is 0.182. The third-order valence-electron chi connectivity index (χ3n) is 5.58. The van der Waals surface area contributed by atoms with Gasteiger partial charge in [0.25, 0.3) is 11.8 Å². The number of hydrogen-bond donors (Lipinski definition) is 2. The van der Waals surface area contributed by atoms with Crippen LogP contribution in [0.25, 0.3) is 0 Å². The molecule has 0 spiro atoms. The number of rotatable bonds is 5. The number of nitrogens with zero attached hydrogens (tertiary/aromatic N) is 3. The van der Waals surface area contributed by atoms with Crippen molar-refractivity contribution in [2.24, 2.45) is 0 Å². The van der Waals surface area contributed by atoms with Crippen molar-refractivity contribution in [3.8, 4) is 11.5 Å². The third-order valence-corrected chi connectivity index (χ3v) is 5.58. The molecule has 162 valence electrons. The van der Waals surface area contributed by atoms with Crippen molar-refractivity contribution in [1.82, 2.24) is 15.1 Å². The summed E-state index contributed by atoms with van der Waals surface area (Å²) < 4.78 is 10.8. The Labute approximate surface area is 182 Å². The predicted octanol–water partition coefficient (Wildman–Crippen LogP) is 2.18. The fourth-order valence-corrected chi connectivity index (χ4v) is 4.26. The summed E-state index contributed by atoms with van der Waals surface area (Å²) >= 11 is 0. The van der Waals surface area contributed by atoms with E-state index in [0.717, 1.165) is 0 Å². The van der Waals surface area contributed by atoms with Gasteiger partial charge in [-0.25, -0.2) is 0 Å². The van der Waals surface area contributed by atoms with E-state index in [1.165, 1.54) is 36.4 Å². The number of amides is 3. The summed E-state index contributed by atoms with van der Waals surface area (Å²) in [5.74, 6) is -0.401. The molecule has 2 aliphatic heterocycles. The van der Waals surface area contributed by atoms with Crippen LogP contribution >= 0.6 is 0 Å². The number of carbonyl (C=O) groups is 3. The van der Waals surface area contributed by atoms with E-state index in [9.17, 15) is 14.4 Å². The summed E-state index contributed by atoms with van der Waals surface area (Å²) in [5.41, 5.74) is 2.17. The average Bonchev–Trinajstić information content (AvgIpc) is 3.42. The summed E-state index contributed by atoms with van der Waals surface area (Å²) in [7, 11) is 2.94. The van der Waals surface area contributed by atoms with Gasteiger partial charge in [0.1, 0.15) is 12.7 Å². The number of nitrogens with one attached hydrogen (secondary N) is 2. The molecular weight excluding hydrogens is 414 g/mol. The molecule has 2 N–H and O–H groups in total. The Balaban J connectivity index is 1.62. The first kappa shape index (κ1) is 19.6. The number of carbonyl (C=O) groups excluding carboxylic acids is 3. The highest BCUT2D eigenvalue weighted by molar-refractivity contribution is 6.18. The number of ether oxygens (including phenoxy) is 2. The molecular formula is C22H19N5O5. The first-order valence-electron chi connectivity index (χ1n) is 9.82. The van der Waals surface area contributed by atoms with Gasteiger partial charge in [0, 0.05) is 11.8 Å². The zero-order chi connectivity index (χ0) is 22.4. The number of para-hydroxylation sites is 1. The molecule has 5 rings (SSSR count). The number of aromatic amines is 1. The lowest BCUT2D eigenvalue weighted by Gasteiger charge is -2.40. The number of hydrogen-bond acceptors (Lipinski definition) is 6. The van der Waals surface area contributed by atoms with Crippen LogP contribution < -0.4 is 19.7 Å². The summed E-state index contributed by atoms with van der Waals surface area (Å²) in [6.45, 7) is -0.263. The zero-order valence-corrected chi connectivity index (χ0v) is 17.3. The summed E-state index contributed by atoms with van der Waals surface area (Å²) in [4.78, 5) is 42.7. The van der Waals surface area contributed by atoms with Gasteiger partial charge >= 0.3 is 0 Å². The van der Waals surface area contributed by atoms with Gasteiger partial charge in [-0.1, -0.05) is 18.2 Å². The zero-order valence-electron chi connectivity index (χ0n) is 17.3. The molecule has 0 saturated carbocycles. The minimum atomic E-state index is -0.796. The molecule has 3 aromatic rings. The lowest BCUT2D eigenvalue weighted by Crippen LogP contribution is -2.50. The van der Waals surface area contributed by atoms with Gasteiger partial charge in [0.2, 0.25) is 5.91 Å². The van der Waals surface area contributed by atoms with Crippen molar-refractivity contribution in [3.05, 3.63) is 65.5 Å². The van der Waals surface area contributed by atoms with Crippen molar-refractivity contribution in [2.45, 2.75) is 6.17 Å². The number of H-pyrrole nitrogens is 1. The molecule has 10 nitrogen and oxygen atoms in total. The van der Waals surface area contributed by atoms with Crippen molar-refractivity contribution >= 4 is 29.1 Å². The Morgan fingerprint density at radius 3 is 2.66 bits per heavy atom. The second-order valence-corrected chi connectivity index (χ2v) is 7.30. The maximum Gasteiger partial charge on any atom is 0.264 e. The number of aromatic nitrogens is 2. The summed E-state index contributed by atoms with van der Waals surface area (Å²) in [6.07, 6.45) is 2.20. The van der Waals surface area contributed by atoms with E-state index >= 15 is 0 Å². The van der Waals surface area contributed by atoms with Gasteiger partial charge in [0.05, 0.1) is 42.9 Å². The van der Waals surface area contributed by atoms with E-state index in [4.69, 9.17) is 9.47 Å². The lowest BCUT2D eigenvalue weighted by molar-refractivity contribution is -0.117. The van der Waals surface area contributed by atoms with Crippen LogP contribution in [0.2, 0.25) is 0 Å². The quantitative estimate of drug-likeness (QED) is 0.637. The third kappa shape index (κ3) is 2.80. The molecule has 0 aliphatic carbocycles. The van der Waals surface area contributed by atoms with Crippen LogP contribution in [0.3, 0.4) is 0 Å². The van der Waals surface area contributed by atoms with Crippen molar-refractivity contribution < 1.29 is 23.9 Å². The molecule has 0 fully saturated rings. The van der Waals surface area contributed by atoms with Crippen LogP contribution in [0.1, 0.15) is 32.4 Å². The van der Waals surface area contributed by atoms with Crippen molar-refractivity contribution in [2.75, 3.05) is 31.0 Å². The first-order chi connectivity index (χ1) is 15.5. The van der Waals surface area contributed by atoms with Crippen molar-refractivity contribution in [3.63, 3.8) is 0 Å². The Morgan fingerprint density at radius 1 is 1.12 bits per heavy atom. The number of fused-ring (bicyclic) bond motifs is 5. The molecule has 1 atom stereocenters. The first-order valence-corrected chi connectivity index (χ1v) is 9.82. The molecule has 0 radical (unpaired) electrons. The van der Waals surface area contributed by atoms with E-state index in [-0.39, 0.29) is 24.1 Å². The van der Waals surface area contributed by atoms with Gasteiger partial charge in [-0.05, 0) is 18.2 Å². The van der Waals surface area contributed by atoms with Gasteiger partial charge < -0.3 is 19.7 Å². The van der Waals surface area contributed by atoms with E-state index < -0.39 is 12.1 Å². The molecule has 0 unspecified atom stereocenters. The number of anilines is 2. The normalized spacial score (nSPS) is 16.4. The Hall–Kier alpha value is -4.34. The molecule has 1 aromatic heterocycles. The molecule has 0 bridgehead atoms. The van der Waals surface area contributed by atoms with Crippen LogP contribution in [0.5, 0.6) is 11.5 Å². The highest BCUT2D eigenvalue weighted by Crippen LogP contribution is 2.49. The molecule has 2 aromatic carbocycles. The monoisotopic (exact) mass is 433 g/mol. The fourth-order valence-electron chi connectivity index (χ4n) is 4.26. The van der Waals surface area contributed by atoms with Crippen LogP contribution in [-0.2, 0) is 4.79 Å². The summed E-state index contributed by atoms with van der Waals surface area (Å²) in [6, 6.07) is 10.3. The highest BCUT2D eigenvalue weighted by atomic mass is 16.5. The molecule has 32 heavy (non-hydrogen) atoms. The Kier molecular flexibility index (Phi) is 4.54. The second kappa shape index (κ2) is 7.41. The van der Waals surface area contributed by atoms with E-state index in [1.807, 2.05) is 0 Å². The predicted molar refractivity (Wildman–Crippen MR) is 114 cm³/mol. The maximum absolute atomic E-state index is 13.6. The average molecular weight is 433 g/mol. The molecule has 10 heteroatoms. The topological polar surface area (TPSA) is 117 Å². The van der Waals surface area contributed by atoms with E-state index in [2.05, 4.69) is 15.5 Å². The van der Waals surface area contributed by atoms with Crippen LogP contribution in [0.15, 0.2) is 48.8 Å². The summed E-state index contributed by atoms with van der Waals surface area (Å²) in [5, 5.41) is 9.11. The Morgan fingerprint density at radius 2 is 1.94 bits per heavy atom. The minimum absolute atomic E-state index is 0.263. The SMILES string of the molecule is COc1ccc2c(c1OC)C(=O)N1c3ccccc3C(=O)N(CC(=O)Nc3cn[nH]c3)[C@H]21. The Bertz CT molecular complexity index is 1240. The van der Waals surface area contributed by atoms with Gasteiger partial charge in [-0.15, -0.1) is 0 Å². The number of benzene rings is 2. The second-order valence-electron chi connectivity index (χ2n) is 7.30. The molecule has 3 amide bonds.